The quantitative estimate of drug-likeness (QED) is 0.801. The first-order chi connectivity index (χ1) is 10.2. The van der Waals surface area contributed by atoms with E-state index in [0.717, 1.165) is 36.3 Å². The van der Waals surface area contributed by atoms with E-state index in [1.807, 2.05) is 24.3 Å². The van der Waals surface area contributed by atoms with Gasteiger partial charge in [-0.1, -0.05) is 24.1 Å². The summed E-state index contributed by atoms with van der Waals surface area (Å²) in [5.74, 6) is 2.88. The fourth-order valence-corrected chi connectivity index (χ4v) is 2.68. The summed E-state index contributed by atoms with van der Waals surface area (Å²) < 4.78 is 0. The Morgan fingerprint density at radius 1 is 1.43 bits per heavy atom. The number of terminal acetylenes is 1. The molecule has 21 heavy (non-hydrogen) atoms. The minimum Gasteiger partial charge on any atom is -0.369 e. The van der Waals surface area contributed by atoms with Crippen LogP contribution in [0.3, 0.4) is 0 Å². The molecular weight excluding hydrogens is 264 g/mol. The predicted molar refractivity (Wildman–Crippen MR) is 81.5 cm³/mol. The molecule has 1 aromatic carbocycles. The number of nitrogens with two attached hydrogens (primary N) is 1. The van der Waals surface area contributed by atoms with E-state index in [1.54, 1.807) is 0 Å². The molecule has 0 saturated carbocycles. The van der Waals surface area contributed by atoms with Gasteiger partial charge in [0, 0.05) is 31.6 Å². The number of benzene rings is 1. The lowest BCUT2D eigenvalue weighted by Crippen LogP contribution is -2.35. The van der Waals surface area contributed by atoms with Crippen molar-refractivity contribution in [2.45, 2.75) is 19.5 Å². The fraction of sp³-hybridized carbons (Fsp3) is 0.250. The molecule has 0 unspecified atom stereocenters. The standard InChI is InChI=1S/C16H16N4O/c1-2-11-5-3-4-6-12(11)9-20-8-7-14-13(10-20)15(21)19-16(17)18-14/h1,3-6H,7-10H2,(H3,17,18,19,21). The topological polar surface area (TPSA) is 75.0 Å². The summed E-state index contributed by atoms with van der Waals surface area (Å²) in [5.41, 5.74) is 8.93. The number of nitrogens with zero attached hydrogens (tertiary/aromatic N) is 2. The molecular formula is C16H16N4O. The molecule has 0 fully saturated rings. The maximum absolute atomic E-state index is 12.0. The first kappa shape index (κ1) is 13.4. The van der Waals surface area contributed by atoms with Crippen molar-refractivity contribution in [3.05, 3.63) is 57.0 Å². The summed E-state index contributed by atoms with van der Waals surface area (Å²) in [6.07, 6.45) is 6.25. The molecule has 0 amide bonds. The Morgan fingerprint density at radius 3 is 3.05 bits per heavy atom. The third kappa shape index (κ3) is 2.67. The van der Waals surface area contributed by atoms with Gasteiger partial charge in [0.25, 0.3) is 5.56 Å². The van der Waals surface area contributed by atoms with Crippen LogP contribution in [-0.4, -0.2) is 21.4 Å². The number of fused-ring (bicyclic) bond motifs is 1. The summed E-state index contributed by atoms with van der Waals surface area (Å²) >= 11 is 0. The van der Waals surface area contributed by atoms with Crippen LogP contribution in [-0.2, 0) is 19.5 Å². The third-order valence-corrected chi connectivity index (χ3v) is 3.73. The van der Waals surface area contributed by atoms with Crippen molar-refractivity contribution in [3.63, 3.8) is 0 Å². The van der Waals surface area contributed by atoms with Crippen LogP contribution in [0.2, 0.25) is 0 Å². The molecule has 106 valence electrons. The summed E-state index contributed by atoms with van der Waals surface area (Å²) in [6, 6.07) is 7.86. The molecule has 1 aliphatic rings. The minimum absolute atomic E-state index is 0.146. The maximum Gasteiger partial charge on any atom is 0.257 e. The molecule has 0 atom stereocenters. The second-order valence-corrected chi connectivity index (χ2v) is 5.14. The molecule has 1 aromatic heterocycles. The van der Waals surface area contributed by atoms with Gasteiger partial charge in [-0.05, 0) is 11.6 Å². The van der Waals surface area contributed by atoms with Crippen molar-refractivity contribution in [2.75, 3.05) is 12.3 Å². The highest BCUT2D eigenvalue weighted by Crippen LogP contribution is 2.18. The van der Waals surface area contributed by atoms with Gasteiger partial charge in [0.05, 0.1) is 11.3 Å². The Hall–Kier alpha value is -2.58. The highest BCUT2D eigenvalue weighted by atomic mass is 16.1. The van der Waals surface area contributed by atoms with Crippen molar-refractivity contribution < 1.29 is 0 Å². The average molecular weight is 280 g/mol. The van der Waals surface area contributed by atoms with E-state index in [9.17, 15) is 4.79 Å². The Kier molecular flexibility index (Phi) is 3.46. The van der Waals surface area contributed by atoms with E-state index in [4.69, 9.17) is 12.2 Å². The van der Waals surface area contributed by atoms with Crippen LogP contribution in [0.4, 0.5) is 5.95 Å². The molecule has 2 heterocycles. The van der Waals surface area contributed by atoms with Crippen LogP contribution >= 0.6 is 0 Å². The molecule has 5 nitrogen and oxygen atoms in total. The van der Waals surface area contributed by atoms with E-state index in [0.29, 0.717) is 12.1 Å². The Morgan fingerprint density at radius 2 is 2.24 bits per heavy atom. The van der Waals surface area contributed by atoms with Crippen LogP contribution < -0.4 is 11.3 Å². The zero-order chi connectivity index (χ0) is 14.8. The lowest BCUT2D eigenvalue weighted by molar-refractivity contribution is 0.241. The first-order valence-corrected chi connectivity index (χ1v) is 6.82. The highest BCUT2D eigenvalue weighted by molar-refractivity contribution is 5.39. The third-order valence-electron chi connectivity index (χ3n) is 3.73. The van der Waals surface area contributed by atoms with Gasteiger partial charge < -0.3 is 5.73 Å². The lowest BCUT2D eigenvalue weighted by atomic mass is 10.0. The van der Waals surface area contributed by atoms with Crippen molar-refractivity contribution in [3.8, 4) is 12.3 Å². The zero-order valence-electron chi connectivity index (χ0n) is 11.6. The number of aromatic nitrogens is 2. The van der Waals surface area contributed by atoms with Crippen LogP contribution in [0.5, 0.6) is 0 Å². The van der Waals surface area contributed by atoms with Gasteiger partial charge in [0.2, 0.25) is 5.95 Å². The van der Waals surface area contributed by atoms with Gasteiger partial charge in [-0.25, -0.2) is 4.98 Å². The molecule has 1 aliphatic heterocycles. The van der Waals surface area contributed by atoms with Crippen molar-refractivity contribution in [2.24, 2.45) is 0 Å². The number of nitrogens with one attached hydrogen (secondary N) is 1. The molecule has 0 saturated heterocycles. The van der Waals surface area contributed by atoms with Crippen molar-refractivity contribution in [1.82, 2.24) is 14.9 Å². The number of hydrogen-bond acceptors (Lipinski definition) is 4. The summed E-state index contributed by atoms with van der Waals surface area (Å²) in [5, 5.41) is 0. The van der Waals surface area contributed by atoms with Gasteiger partial charge in [-0.15, -0.1) is 6.42 Å². The predicted octanol–water partition coefficient (Wildman–Crippen LogP) is 0.892. The molecule has 2 aromatic rings. The number of rotatable bonds is 2. The molecule has 3 N–H and O–H groups in total. The Labute approximate surface area is 122 Å². The summed E-state index contributed by atoms with van der Waals surface area (Å²) in [7, 11) is 0. The fourth-order valence-electron chi connectivity index (χ4n) is 2.68. The number of hydrogen-bond donors (Lipinski definition) is 2. The molecule has 3 rings (SSSR count). The molecule has 5 heteroatoms. The van der Waals surface area contributed by atoms with Gasteiger partial charge in [0.1, 0.15) is 0 Å². The SMILES string of the molecule is C#Cc1ccccc1CN1CCc2nc(N)[nH]c(=O)c2C1. The smallest absolute Gasteiger partial charge is 0.257 e. The largest absolute Gasteiger partial charge is 0.369 e. The normalized spacial score (nSPS) is 14.4. The minimum atomic E-state index is -0.146. The number of anilines is 1. The summed E-state index contributed by atoms with van der Waals surface area (Å²) in [6.45, 7) is 2.13. The lowest BCUT2D eigenvalue weighted by Gasteiger charge is -2.27. The maximum atomic E-state index is 12.0. The van der Waals surface area contributed by atoms with E-state index in [-0.39, 0.29) is 11.5 Å². The van der Waals surface area contributed by atoms with Crippen LogP contribution in [0.25, 0.3) is 0 Å². The summed E-state index contributed by atoms with van der Waals surface area (Å²) in [4.78, 5) is 20.9. The molecule has 0 radical (unpaired) electrons. The Bertz CT molecular complexity index is 773. The van der Waals surface area contributed by atoms with Crippen molar-refractivity contribution in [1.29, 1.82) is 0 Å². The van der Waals surface area contributed by atoms with Crippen LogP contribution in [0.15, 0.2) is 29.1 Å². The van der Waals surface area contributed by atoms with E-state index < -0.39 is 0 Å². The van der Waals surface area contributed by atoms with Crippen molar-refractivity contribution >= 4 is 5.95 Å². The van der Waals surface area contributed by atoms with Crippen LogP contribution in [0.1, 0.15) is 22.4 Å². The van der Waals surface area contributed by atoms with Gasteiger partial charge in [0.15, 0.2) is 0 Å². The van der Waals surface area contributed by atoms with E-state index in [1.165, 1.54) is 0 Å². The Balaban J connectivity index is 1.84. The monoisotopic (exact) mass is 280 g/mol. The average Bonchev–Trinajstić information content (AvgIpc) is 2.48. The highest BCUT2D eigenvalue weighted by Gasteiger charge is 2.21. The van der Waals surface area contributed by atoms with Crippen LogP contribution in [0, 0.1) is 12.3 Å². The number of aromatic amines is 1. The first-order valence-electron chi connectivity index (χ1n) is 6.82. The second kappa shape index (κ2) is 5.43. The van der Waals surface area contributed by atoms with E-state index >= 15 is 0 Å². The molecule has 0 bridgehead atoms. The number of H-pyrrole nitrogens is 1. The molecule has 0 aliphatic carbocycles. The van der Waals surface area contributed by atoms with Gasteiger partial charge in [-0.3, -0.25) is 14.7 Å². The van der Waals surface area contributed by atoms with Gasteiger partial charge >= 0.3 is 0 Å². The van der Waals surface area contributed by atoms with E-state index in [2.05, 4.69) is 20.8 Å². The second-order valence-electron chi connectivity index (χ2n) is 5.14. The number of nitrogen functional groups attached to an aromatic ring is 1. The molecule has 0 spiro atoms. The van der Waals surface area contributed by atoms with Gasteiger partial charge in [-0.2, -0.15) is 0 Å². The zero-order valence-corrected chi connectivity index (χ0v) is 11.6.